The third-order valence-corrected chi connectivity index (χ3v) is 2.58. The van der Waals surface area contributed by atoms with Crippen LogP contribution >= 0.6 is 0 Å². The van der Waals surface area contributed by atoms with Gasteiger partial charge in [-0.05, 0) is 26.2 Å². The fourth-order valence-electron chi connectivity index (χ4n) is 1.93. The first-order chi connectivity index (χ1) is 8.40. The van der Waals surface area contributed by atoms with Crippen LogP contribution in [0.4, 0.5) is 5.82 Å². The fraction of sp³-hybridized carbons (Fsp3) is 0.692. The molecule has 0 bridgehead atoms. The maximum atomic E-state index is 12.1. The molecule has 0 saturated heterocycles. The largest absolute Gasteiger partial charge is 0.363 e. The van der Waals surface area contributed by atoms with E-state index in [9.17, 15) is 4.79 Å². The number of anilines is 1. The molecule has 0 aliphatic heterocycles. The molecule has 0 aliphatic carbocycles. The molecule has 5 nitrogen and oxygen atoms in total. The third-order valence-electron chi connectivity index (χ3n) is 2.58. The van der Waals surface area contributed by atoms with Crippen LogP contribution in [0.15, 0.2) is 17.2 Å². The van der Waals surface area contributed by atoms with Crippen LogP contribution in [0.2, 0.25) is 0 Å². The second-order valence-electron chi connectivity index (χ2n) is 5.39. The lowest BCUT2D eigenvalue weighted by Gasteiger charge is -2.17. The van der Waals surface area contributed by atoms with Crippen LogP contribution in [0.1, 0.15) is 34.1 Å². The number of hydrogen-bond acceptors (Lipinski definition) is 4. The van der Waals surface area contributed by atoms with Gasteiger partial charge in [-0.2, -0.15) is 0 Å². The Balaban J connectivity index is 2.81. The SMILES string of the molecule is CC(C)Cn1ccnc(NC(C)CC(C)N)c1=O. The summed E-state index contributed by atoms with van der Waals surface area (Å²) in [5, 5.41) is 3.13. The van der Waals surface area contributed by atoms with E-state index < -0.39 is 0 Å². The van der Waals surface area contributed by atoms with Gasteiger partial charge in [0.25, 0.3) is 5.56 Å². The lowest BCUT2D eigenvalue weighted by Crippen LogP contribution is -2.31. The Morgan fingerprint density at radius 1 is 1.39 bits per heavy atom. The molecule has 18 heavy (non-hydrogen) atoms. The van der Waals surface area contributed by atoms with Crippen LogP contribution in [0.3, 0.4) is 0 Å². The van der Waals surface area contributed by atoms with Crippen molar-refractivity contribution in [2.75, 3.05) is 5.32 Å². The minimum absolute atomic E-state index is 0.0669. The van der Waals surface area contributed by atoms with Crippen molar-refractivity contribution in [1.29, 1.82) is 0 Å². The third kappa shape index (κ3) is 4.49. The number of nitrogens with zero attached hydrogens (tertiary/aromatic N) is 2. The van der Waals surface area contributed by atoms with Gasteiger partial charge in [-0.25, -0.2) is 4.98 Å². The molecule has 5 heteroatoms. The summed E-state index contributed by atoms with van der Waals surface area (Å²) in [5.74, 6) is 0.839. The molecule has 1 aromatic rings. The van der Waals surface area contributed by atoms with Crippen molar-refractivity contribution in [3.63, 3.8) is 0 Å². The van der Waals surface area contributed by atoms with Crippen LogP contribution in [-0.4, -0.2) is 21.6 Å². The first kappa shape index (κ1) is 14.7. The summed E-state index contributed by atoms with van der Waals surface area (Å²) in [5.41, 5.74) is 5.67. The van der Waals surface area contributed by atoms with E-state index in [4.69, 9.17) is 5.73 Å². The predicted octanol–water partition coefficient (Wildman–Crippen LogP) is 1.44. The lowest BCUT2D eigenvalue weighted by molar-refractivity contribution is 0.508. The van der Waals surface area contributed by atoms with E-state index in [1.807, 2.05) is 13.8 Å². The average molecular weight is 252 g/mol. The highest BCUT2D eigenvalue weighted by atomic mass is 16.1. The molecule has 1 rings (SSSR count). The zero-order valence-corrected chi connectivity index (χ0v) is 11.7. The minimum atomic E-state index is -0.0669. The molecule has 0 amide bonds. The molecular weight excluding hydrogens is 228 g/mol. The maximum absolute atomic E-state index is 12.1. The number of nitrogens with one attached hydrogen (secondary N) is 1. The van der Waals surface area contributed by atoms with Gasteiger partial charge in [0.15, 0.2) is 5.82 Å². The van der Waals surface area contributed by atoms with Crippen LogP contribution in [0, 0.1) is 5.92 Å². The van der Waals surface area contributed by atoms with E-state index in [0.29, 0.717) is 18.3 Å². The molecule has 0 saturated carbocycles. The Morgan fingerprint density at radius 3 is 2.61 bits per heavy atom. The Labute approximate surface area is 108 Å². The van der Waals surface area contributed by atoms with Crippen molar-refractivity contribution in [2.24, 2.45) is 11.7 Å². The zero-order chi connectivity index (χ0) is 13.7. The Kier molecular flexibility index (Phi) is 5.34. The summed E-state index contributed by atoms with van der Waals surface area (Å²) < 4.78 is 1.69. The molecule has 2 unspecified atom stereocenters. The first-order valence-corrected chi connectivity index (χ1v) is 6.47. The van der Waals surface area contributed by atoms with Crippen molar-refractivity contribution in [3.05, 3.63) is 22.7 Å². The highest BCUT2D eigenvalue weighted by molar-refractivity contribution is 5.31. The van der Waals surface area contributed by atoms with Gasteiger partial charge < -0.3 is 15.6 Å². The smallest absolute Gasteiger partial charge is 0.293 e. The fourth-order valence-corrected chi connectivity index (χ4v) is 1.93. The number of aromatic nitrogens is 2. The van der Waals surface area contributed by atoms with Gasteiger partial charge in [0.2, 0.25) is 0 Å². The highest BCUT2D eigenvalue weighted by Crippen LogP contribution is 2.03. The first-order valence-electron chi connectivity index (χ1n) is 6.47. The van der Waals surface area contributed by atoms with Crippen molar-refractivity contribution in [1.82, 2.24) is 9.55 Å². The van der Waals surface area contributed by atoms with Crippen LogP contribution in [0.5, 0.6) is 0 Å². The van der Waals surface area contributed by atoms with Crippen molar-refractivity contribution < 1.29 is 0 Å². The molecule has 3 N–H and O–H groups in total. The van der Waals surface area contributed by atoms with Crippen LogP contribution < -0.4 is 16.6 Å². The van der Waals surface area contributed by atoms with Gasteiger partial charge in [-0.3, -0.25) is 4.79 Å². The molecule has 0 aromatic carbocycles. The van der Waals surface area contributed by atoms with Crippen molar-refractivity contribution in [2.45, 2.75) is 52.7 Å². The van der Waals surface area contributed by atoms with E-state index in [0.717, 1.165) is 6.42 Å². The second kappa shape index (κ2) is 6.54. The molecule has 1 aromatic heterocycles. The summed E-state index contributed by atoms with van der Waals surface area (Å²) in [6.45, 7) is 8.83. The highest BCUT2D eigenvalue weighted by Gasteiger charge is 2.10. The van der Waals surface area contributed by atoms with Crippen LogP contribution in [0.25, 0.3) is 0 Å². The Bertz CT molecular complexity index is 425. The number of rotatable bonds is 6. The number of hydrogen-bond donors (Lipinski definition) is 2. The summed E-state index contributed by atoms with van der Waals surface area (Å²) in [7, 11) is 0. The van der Waals surface area contributed by atoms with Gasteiger partial charge in [-0.15, -0.1) is 0 Å². The van der Waals surface area contributed by atoms with E-state index >= 15 is 0 Å². The topological polar surface area (TPSA) is 72.9 Å². The van der Waals surface area contributed by atoms with E-state index in [-0.39, 0.29) is 17.6 Å². The molecule has 2 atom stereocenters. The summed E-state index contributed by atoms with van der Waals surface area (Å²) in [6, 6.07) is 0.245. The number of nitrogens with two attached hydrogens (primary N) is 1. The minimum Gasteiger partial charge on any atom is -0.363 e. The molecule has 0 fully saturated rings. The maximum Gasteiger partial charge on any atom is 0.293 e. The van der Waals surface area contributed by atoms with Gasteiger partial charge in [-0.1, -0.05) is 13.8 Å². The van der Waals surface area contributed by atoms with E-state index in [1.165, 1.54) is 0 Å². The molecule has 0 aliphatic rings. The second-order valence-corrected chi connectivity index (χ2v) is 5.39. The molecular formula is C13H24N4O. The summed E-state index contributed by atoms with van der Waals surface area (Å²) in [6.07, 6.45) is 4.19. The Morgan fingerprint density at radius 2 is 2.06 bits per heavy atom. The van der Waals surface area contributed by atoms with Crippen molar-refractivity contribution >= 4 is 5.82 Å². The standard InChI is InChI=1S/C13H24N4O/c1-9(2)8-17-6-5-15-12(13(17)18)16-11(4)7-10(3)14/h5-6,9-11H,7-8,14H2,1-4H3,(H,15,16). The van der Waals surface area contributed by atoms with E-state index in [2.05, 4.69) is 24.1 Å². The molecule has 102 valence electrons. The van der Waals surface area contributed by atoms with Gasteiger partial charge >= 0.3 is 0 Å². The quantitative estimate of drug-likeness (QED) is 0.803. The van der Waals surface area contributed by atoms with Gasteiger partial charge in [0.05, 0.1) is 0 Å². The lowest BCUT2D eigenvalue weighted by atomic mass is 10.1. The monoisotopic (exact) mass is 252 g/mol. The average Bonchev–Trinajstić information content (AvgIpc) is 2.22. The van der Waals surface area contributed by atoms with E-state index in [1.54, 1.807) is 17.0 Å². The van der Waals surface area contributed by atoms with Crippen molar-refractivity contribution in [3.8, 4) is 0 Å². The summed E-state index contributed by atoms with van der Waals surface area (Å²) >= 11 is 0. The van der Waals surface area contributed by atoms with Crippen LogP contribution in [-0.2, 0) is 6.54 Å². The molecule has 0 spiro atoms. The normalized spacial score (nSPS) is 14.6. The Hall–Kier alpha value is -1.36. The predicted molar refractivity (Wildman–Crippen MR) is 74.7 cm³/mol. The summed E-state index contributed by atoms with van der Waals surface area (Å²) in [4.78, 5) is 16.2. The molecule has 1 heterocycles. The zero-order valence-electron chi connectivity index (χ0n) is 11.7. The van der Waals surface area contributed by atoms with Gasteiger partial charge in [0, 0.05) is 31.0 Å². The molecule has 0 radical (unpaired) electrons. The van der Waals surface area contributed by atoms with Gasteiger partial charge in [0.1, 0.15) is 0 Å².